The van der Waals surface area contributed by atoms with E-state index in [2.05, 4.69) is 0 Å². The van der Waals surface area contributed by atoms with Crippen LogP contribution in [0.3, 0.4) is 0 Å². The number of hydrogen-bond acceptors (Lipinski definition) is 6. The van der Waals surface area contributed by atoms with Gasteiger partial charge in [0.2, 0.25) is 0 Å². The topological polar surface area (TPSA) is 114 Å². The molecule has 1 aliphatic rings. The Kier molecular flexibility index (Phi) is 5.75. The van der Waals surface area contributed by atoms with Gasteiger partial charge in [0.1, 0.15) is 29.9 Å². The summed E-state index contributed by atoms with van der Waals surface area (Å²) in [6, 6.07) is 2.93. The third-order valence-corrected chi connectivity index (χ3v) is 4.70. The van der Waals surface area contributed by atoms with Crippen LogP contribution in [-0.4, -0.2) is 49.4 Å². The SMILES string of the molecule is Cc1cn([C@@H]2O[C@H](CO)[C@@H](O)[C@H]2O)c(=O)n(CCc2cc(F)cc(F)c2)c1=O. The van der Waals surface area contributed by atoms with Crippen LogP contribution in [0.1, 0.15) is 17.4 Å². The van der Waals surface area contributed by atoms with Gasteiger partial charge in [0.15, 0.2) is 6.23 Å². The molecule has 3 rings (SSSR count). The van der Waals surface area contributed by atoms with E-state index in [1.807, 2.05) is 0 Å². The number of nitrogens with zero attached hydrogens (tertiary/aromatic N) is 2. The molecule has 152 valence electrons. The highest BCUT2D eigenvalue weighted by atomic mass is 19.1. The lowest BCUT2D eigenvalue weighted by atomic mass is 10.1. The molecule has 0 unspecified atom stereocenters. The van der Waals surface area contributed by atoms with E-state index in [0.717, 1.165) is 27.3 Å². The summed E-state index contributed by atoms with van der Waals surface area (Å²) in [6.45, 7) is 0.738. The van der Waals surface area contributed by atoms with E-state index in [1.165, 1.54) is 13.1 Å². The molecule has 1 saturated heterocycles. The second-order valence-electron chi connectivity index (χ2n) is 6.72. The molecule has 2 aromatic rings. The maximum absolute atomic E-state index is 13.3. The Morgan fingerprint density at radius 1 is 1.11 bits per heavy atom. The number of ether oxygens (including phenoxy) is 1. The number of benzene rings is 1. The number of aliphatic hydroxyl groups is 3. The molecule has 0 saturated carbocycles. The van der Waals surface area contributed by atoms with E-state index in [1.54, 1.807) is 0 Å². The van der Waals surface area contributed by atoms with Crippen molar-refractivity contribution in [3.63, 3.8) is 0 Å². The second kappa shape index (κ2) is 7.92. The quantitative estimate of drug-likeness (QED) is 0.623. The zero-order chi connectivity index (χ0) is 20.6. The molecule has 3 N–H and O–H groups in total. The summed E-state index contributed by atoms with van der Waals surface area (Å²) in [6.07, 6.45) is -4.05. The molecular formula is C18H20F2N2O6. The minimum absolute atomic E-state index is 0.0171. The highest BCUT2D eigenvalue weighted by Crippen LogP contribution is 2.28. The molecule has 1 aromatic carbocycles. The lowest BCUT2D eigenvalue weighted by Crippen LogP contribution is -2.44. The first-order chi connectivity index (χ1) is 13.2. The number of rotatable bonds is 5. The highest BCUT2D eigenvalue weighted by molar-refractivity contribution is 5.18. The maximum atomic E-state index is 13.3. The van der Waals surface area contributed by atoms with Gasteiger partial charge in [-0.15, -0.1) is 0 Å². The van der Waals surface area contributed by atoms with Crippen molar-refractivity contribution >= 4 is 0 Å². The van der Waals surface area contributed by atoms with Gasteiger partial charge in [-0.05, 0) is 31.0 Å². The number of aromatic nitrogens is 2. The van der Waals surface area contributed by atoms with Gasteiger partial charge in [-0.3, -0.25) is 13.9 Å². The van der Waals surface area contributed by atoms with Crippen LogP contribution in [0.15, 0.2) is 34.0 Å². The van der Waals surface area contributed by atoms with Crippen molar-refractivity contribution in [2.24, 2.45) is 0 Å². The average Bonchev–Trinajstić information content (AvgIpc) is 2.92. The smallest absolute Gasteiger partial charge is 0.333 e. The summed E-state index contributed by atoms with van der Waals surface area (Å²) < 4.78 is 33.8. The van der Waals surface area contributed by atoms with Crippen LogP contribution >= 0.6 is 0 Å². The molecule has 0 aliphatic carbocycles. The first kappa shape index (κ1) is 20.3. The lowest BCUT2D eigenvalue weighted by Gasteiger charge is -2.19. The van der Waals surface area contributed by atoms with E-state index in [9.17, 15) is 33.7 Å². The van der Waals surface area contributed by atoms with E-state index in [0.29, 0.717) is 0 Å². The Bertz CT molecular complexity index is 969. The number of aliphatic hydroxyl groups excluding tert-OH is 3. The molecule has 8 nitrogen and oxygen atoms in total. The molecule has 0 spiro atoms. The van der Waals surface area contributed by atoms with Gasteiger partial charge in [0.05, 0.1) is 6.61 Å². The zero-order valence-electron chi connectivity index (χ0n) is 15.0. The third-order valence-electron chi connectivity index (χ3n) is 4.70. The van der Waals surface area contributed by atoms with Crippen LogP contribution in [0.5, 0.6) is 0 Å². The van der Waals surface area contributed by atoms with E-state index in [-0.39, 0.29) is 24.1 Å². The lowest BCUT2D eigenvalue weighted by molar-refractivity contribution is -0.0557. The summed E-state index contributed by atoms with van der Waals surface area (Å²) in [7, 11) is 0. The molecule has 2 heterocycles. The Balaban J connectivity index is 1.94. The minimum Gasteiger partial charge on any atom is -0.394 e. The predicted octanol–water partition coefficient (Wildman–Crippen LogP) is -0.549. The molecule has 1 fully saturated rings. The summed E-state index contributed by atoms with van der Waals surface area (Å²) in [5.74, 6) is -1.54. The van der Waals surface area contributed by atoms with Gasteiger partial charge in [0.25, 0.3) is 5.56 Å². The van der Waals surface area contributed by atoms with Gasteiger partial charge in [-0.2, -0.15) is 0 Å². The fourth-order valence-corrected chi connectivity index (χ4v) is 3.24. The molecule has 0 bridgehead atoms. The maximum Gasteiger partial charge on any atom is 0.333 e. The summed E-state index contributed by atoms with van der Waals surface area (Å²) >= 11 is 0. The number of halogens is 2. The fraction of sp³-hybridized carbons (Fsp3) is 0.444. The molecule has 4 atom stereocenters. The highest BCUT2D eigenvalue weighted by Gasteiger charge is 2.44. The zero-order valence-corrected chi connectivity index (χ0v) is 15.0. The van der Waals surface area contributed by atoms with Crippen molar-refractivity contribution in [1.82, 2.24) is 9.13 Å². The first-order valence-corrected chi connectivity index (χ1v) is 8.63. The van der Waals surface area contributed by atoms with Crippen LogP contribution in [-0.2, 0) is 17.7 Å². The van der Waals surface area contributed by atoms with E-state index < -0.39 is 54.0 Å². The molecule has 10 heteroatoms. The van der Waals surface area contributed by atoms with Gasteiger partial charge >= 0.3 is 5.69 Å². The molecule has 1 aliphatic heterocycles. The Morgan fingerprint density at radius 3 is 2.32 bits per heavy atom. The molecular weight excluding hydrogens is 378 g/mol. The third kappa shape index (κ3) is 3.76. The van der Waals surface area contributed by atoms with Crippen LogP contribution in [0.25, 0.3) is 0 Å². The molecule has 0 amide bonds. The number of aryl methyl sites for hydroxylation is 2. The molecule has 28 heavy (non-hydrogen) atoms. The average molecular weight is 398 g/mol. The van der Waals surface area contributed by atoms with Crippen molar-refractivity contribution in [2.45, 2.75) is 44.4 Å². The summed E-state index contributed by atoms with van der Waals surface area (Å²) in [5, 5.41) is 29.2. The van der Waals surface area contributed by atoms with Crippen molar-refractivity contribution in [3.05, 3.63) is 68.0 Å². The Labute approximate surface area is 157 Å². The van der Waals surface area contributed by atoms with Crippen molar-refractivity contribution in [1.29, 1.82) is 0 Å². The number of hydrogen-bond donors (Lipinski definition) is 3. The Morgan fingerprint density at radius 2 is 1.75 bits per heavy atom. The van der Waals surface area contributed by atoms with Crippen LogP contribution < -0.4 is 11.2 Å². The van der Waals surface area contributed by atoms with Crippen LogP contribution in [0.4, 0.5) is 8.78 Å². The van der Waals surface area contributed by atoms with E-state index in [4.69, 9.17) is 4.74 Å². The normalized spacial score (nSPS) is 24.6. The van der Waals surface area contributed by atoms with Gasteiger partial charge in [0, 0.05) is 24.4 Å². The van der Waals surface area contributed by atoms with Gasteiger partial charge in [-0.1, -0.05) is 0 Å². The monoisotopic (exact) mass is 398 g/mol. The molecule has 0 radical (unpaired) electrons. The first-order valence-electron chi connectivity index (χ1n) is 8.63. The second-order valence-corrected chi connectivity index (χ2v) is 6.72. The van der Waals surface area contributed by atoms with E-state index >= 15 is 0 Å². The predicted molar refractivity (Wildman–Crippen MR) is 92.8 cm³/mol. The van der Waals surface area contributed by atoms with Crippen LogP contribution in [0.2, 0.25) is 0 Å². The standard InChI is InChI=1S/C18H20F2N2O6/c1-9-7-22(17-15(25)14(24)13(8-23)28-17)18(27)21(16(9)26)3-2-10-4-11(19)6-12(20)5-10/h4-7,13-15,17,23-25H,2-3,8H2,1H3/t13-,14-,15-,17-/m1/s1. The summed E-state index contributed by atoms with van der Waals surface area (Å²) in [4.78, 5) is 25.2. The summed E-state index contributed by atoms with van der Waals surface area (Å²) in [5.41, 5.74) is -0.972. The van der Waals surface area contributed by atoms with Crippen molar-refractivity contribution in [3.8, 4) is 0 Å². The molecule has 1 aromatic heterocycles. The van der Waals surface area contributed by atoms with Crippen molar-refractivity contribution < 1.29 is 28.8 Å². The van der Waals surface area contributed by atoms with Gasteiger partial charge in [-0.25, -0.2) is 13.6 Å². The Hall–Kier alpha value is -2.40. The van der Waals surface area contributed by atoms with Crippen molar-refractivity contribution in [2.75, 3.05) is 6.61 Å². The van der Waals surface area contributed by atoms with Gasteiger partial charge < -0.3 is 20.1 Å². The largest absolute Gasteiger partial charge is 0.394 e. The van der Waals surface area contributed by atoms with Crippen LogP contribution in [0, 0.1) is 18.6 Å². The fourth-order valence-electron chi connectivity index (χ4n) is 3.24. The minimum atomic E-state index is -1.49.